The maximum Gasteiger partial charge on any atom is 0.411 e. The standard InChI is InChI=1S/C9H11FN2O2/c1-2-5-14-9(13)12-8-3-4-11-6-7(8)10/h3-4,6H,2,5H2,1H3,(H,11,12,13). The zero-order chi connectivity index (χ0) is 10.4. The van der Waals surface area contributed by atoms with Crippen LogP contribution < -0.4 is 5.32 Å². The molecule has 0 atom stereocenters. The second kappa shape index (κ2) is 5.16. The quantitative estimate of drug-likeness (QED) is 0.809. The Balaban J connectivity index is 2.52. The van der Waals surface area contributed by atoms with E-state index in [9.17, 15) is 9.18 Å². The summed E-state index contributed by atoms with van der Waals surface area (Å²) in [7, 11) is 0. The van der Waals surface area contributed by atoms with Crippen LogP contribution >= 0.6 is 0 Å². The first-order valence-electron chi connectivity index (χ1n) is 4.27. The molecule has 4 nitrogen and oxygen atoms in total. The minimum Gasteiger partial charge on any atom is -0.449 e. The van der Waals surface area contributed by atoms with Gasteiger partial charge in [0.15, 0.2) is 5.82 Å². The fourth-order valence-electron chi connectivity index (χ4n) is 0.817. The molecule has 76 valence electrons. The van der Waals surface area contributed by atoms with Crippen LogP contribution in [0, 0.1) is 5.82 Å². The molecule has 1 amide bonds. The molecular weight excluding hydrogens is 187 g/mol. The molecule has 0 aliphatic heterocycles. The highest BCUT2D eigenvalue weighted by atomic mass is 19.1. The molecule has 0 aromatic carbocycles. The van der Waals surface area contributed by atoms with E-state index in [1.807, 2.05) is 6.92 Å². The average molecular weight is 198 g/mol. The Labute approximate surface area is 81.1 Å². The maximum atomic E-state index is 12.9. The van der Waals surface area contributed by atoms with Crippen molar-refractivity contribution in [2.24, 2.45) is 0 Å². The minimum absolute atomic E-state index is 0.0705. The fraction of sp³-hybridized carbons (Fsp3) is 0.333. The van der Waals surface area contributed by atoms with Crippen LogP contribution in [0.15, 0.2) is 18.5 Å². The molecule has 0 radical (unpaired) electrons. The minimum atomic E-state index is -0.656. The number of hydrogen-bond donors (Lipinski definition) is 1. The Bertz CT molecular complexity index is 317. The van der Waals surface area contributed by atoms with E-state index in [0.717, 1.165) is 12.6 Å². The van der Waals surface area contributed by atoms with Gasteiger partial charge in [-0.25, -0.2) is 9.18 Å². The number of rotatable bonds is 3. The van der Waals surface area contributed by atoms with E-state index in [4.69, 9.17) is 4.74 Å². The van der Waals surface area contributed by atoms with Crippen LogP contribution in [0.4, 0.5) is 14.9 Å². The van der Waals surface area contributed by atoms with Crippen molar-refractivity contribution >= 4 is 11.8 Å². The lowest BCUT2D eigenvalue weighted by Gasteiger charge is -2.05. The van der Waals surface area contributed by atoms with Crippen molar-refractivity contribution in [3.63, 3.8) is 0 Å². The van der Waals surface area contributed by atoms with E-state index in [0.29, 0.717) is 6.61 Å². The van der Waals surface area contributed by atoms with Crippen LogP contribution in [0.1, 0.15) is 13.3 Å². The molecule has 1 aromatic rings. The number of carbonyl (C=O) groups is 1. The van der Waals surface area contributed by atoms with Crippen LogP contribution in [0.5, 0.6) is 0 Å². The van der Waals surface area contributed by atoms with Crippen molar-refractivity contribution in [1.82, 2.24) is 4.98 Å². The number of pyridine rings is 1. The monoisotopic (exact) mass is 198 g/mol. The Morgan fingerprint density at radius 1 is 1.71 bits per heavy atom. The molecule has 1 rings (SSSR count). The summed E-state index contributed by atoms with van der Waals surface area (Å²) in [6.45, 7) is 2.19. The number of ether oxygens (including phenoxy) is 1. The number of nitrogens with one attached hydrogen (secondary N) is 1. The molecule has 0 bridgehead atoms. The number of nitrogens with zero attached hydrogens (tertiary/aromatic N) is 1. The molecule has 1 heterocycles. The van der Waals surface area contributed by atoms with Gasteiger partial charge in [0.2, 0.25) is 0 Å². The zero-order valence-electron chi connectivity index (χ0n) is 7.79. The van der Waals surface area contributed by atoms with Crippen LogP contribution in [-0.4, -0.2) is 17.7 Å². The number of halogens is 1. The normalized spacial score (nSPS) is 9.57. The molecule has 0 saturated heterocycles. The van der Waals surface area contributed by atoms with Crippen LogP contribution in [0.2, 0.25) is 0 Å². The van der Waals surface area contributed by atoms with Crippen LogP contribution in [0.3, 0.4) is 0 Å². The molecule has 1 aromatic heterocycles. The third-order valence-electron chi connectivity index (χ3n) is 1.45. The second-order valence-electron chi connectivity index (χ2n) is 2.62. The van der Waals surface area contributed by atoms with Gasteiger partial charge in [-0.05, 0) is 12.5 Å². The SMILES string of the molecule is CCCOC(=O)Nc1ccncc1F. The lowest BCUT2D eigenvalue weighted by molar-refractivity contribution is 0.161. The highest BCUT2D eigenvalue weighted by Crippen LogP contribution is 2.10. The van der Waals surface area contributed by atoms with Crippen molar-refractivity contribution in [2.45, 2.75) is 13.3 Å². The summed E-state index contributed by atoms with van der Waals surface area (Å²) < 4.78 is 17.7. The van der Waals surface area contributed by atoms with Gasteiger partial charge in [0.1, 0.15) is 0 Å². The third-order valence-corrected chi connectivity index (χ3v) is 1.45. The van der Waals surface area contributed by atoms with Crippen LogP contribution in [0.25, 0.3) is 0 Å². The lowest BCUT2D eigenvalue weighted by atomic mass is 10.4. The summed E-state index contributed by atoms with van der Waals surface area (Å²) >= 11 is 0. The summed E-state index contributed by atoms with van der Waals surface area (Å²) in [4.78, 5) is 14.6. The molecule has 1 N–H and O–H groups in total. The Morgan fingerprint density at radius 3 is 3.14 bits per heavy atom. The number of carbonyl (C=O) groups excluding carboxylic acids is 1. The molecule has 0 aliphatic carbocycles. The number of anilines is 1. The second-order valence-corrected chi connectivity index (χ2v) is 2.62. The number of aromatic nitrogens is 1. The molecule has 0 fully saturated rings. The molecule has 0 aliphatic rings. The predicted molar refractivity (Wildman–Crippen MR) is 49.5 cm³/mol. The van der Waals surface area contributed by atoms with Gasteiger partial charge in [-0.15, -0.1) is 0 Å². The lowest BCUT2D eigenvalue weighted by Crippen LogP contribution is -2.15. The summed E-state index contributed by atoms with van der Waals surface area (Å²) in [5.41, 5.74) is 0.0705. The van der Waals surface area contributed by atoms with Crippen molar-refractivity contribution in [2.75, 3.05) is 11.9 Å². The topological polar surface area (TPSA) is 51.2 Å². The fourth-order valence-corrected chi connectivity index (χ4v) is 0.817. The molecule has 0 unspecified atom stereocenters. The van der Waals surface area contributed by atoms with Gasteiger partial charge >= 0.3 is 6.09 Å². The van der Waals surface area contributed by atoms with Gasteiger partial charge < -0.3 is 4.74 Å². The van der Waals surface area contributed by atoms with Gasteiger partial charge in [0.25, 0.3) is 0 Å². The van der Waals surface area contributed by atoms with Gasteiger partial charge in [-0.3, -0.25) is 10.3 Å². The summed E-state index contributed by atoms with van der Waals surface area (Å²) in [6.07, 6.45) is 2.48. The highest BCUT2D eigenvalue weighted by Gasteiger charge is 2.06. The summed E-state index contributed by atoms with van der Waals surface area (Å²) in [5, 5.41) is 2.27. The Morgan fingerprint density at radius 2 is 2.50 bits per heavy atom. The first-order valence-corrected chi connectivity index (χ1v) is 4.27. The van der Waals surface area contributed by atoms with Crippen molar-refractivity contribution in [3.05, 3.63) is 24.3 Å². The largest absolute Gasteiger partial charge is 0.449 e. The zero-order valence-corrected chi connectivity index (χ0v) is 7.79. The first kappa shape index (κ1) is 10.4. The van der Waals surface area contributed by atoms with Crippen molar-refractivity contribution in [1.29, 1.82) is 0 Å². The Kier molecular flexibility index (Phi) is 3.84. The molecule has 0 spiro atoms. The number of amides is 1. The predicted octanol–water partition coefficient (Wildman–Crippen LogP) is 2.18. The van der Waals surface area contributed by atoms with Crippen molar-refractivity contribution < 1.29 is 13.9 Å². The highest BCUT2D eigenvalue weighted by molar-refractivity contribution is 5.84. The molecule has 5 heteroatoms. The number of hydrogen-bond acceptors (Lipinski definition) is 3. The van der Waals surface area contributed by atoms with Gasteiger partial charge in [0, 0.05) is 6.20 Å². The van der Waals surface area contributed by atoms with E-state index in [1.165, 1.54) is 12.3 Å². The third kappa shape index (κ3) is 3.01. The first-order chi connectivity index (χ1) is 6.74. The average Bonchev–Trinajstić information content (AvgIpc) is 2.18. The van der Waals surface area contributed by atoms with E-state index in [2.05, 4.69) is 10.3 Å². The maximum absolute atomic E-state index is 12.9. The molecule has 14 heavy (non-hydrogen) atoms. The molecular formula is C9H11FN2O2. The van der Waals surface area contributed by atoms with Gasteiger partial charge in [-0.2, -0.15) is 0 Å². The summed E-state index contributed by atoms with van der Waals surface area (Å²) in [6, 6.07) is 1.36. The van der Waals surface area contributed by atoms with Crippen molar-refractivity contribution in [3.8, 4) is 0 Å². The van der Waals surface area contributed by atoms with E-state index in [1.54, 1.807) is 0 Å². The van der Waals surface area contributed by atoms with Gasteiger partial charge in [0.05, 0.1) is 18.5 Å². The van der Waals surface area contributed by atoms with Crippen LogP contribution in [-0.2, 0) is 4.74 Å². The van der Waals surface area contributed by atoms with Gasteiger partial charge in [-0.1, -0.05) is 6.92 Å². The van der Waals surface area contributed by atoms with E-state index >= 15 is 0 Å². The van der Waals surface area contributed by atoms with E-state index in [-0.39, 0.29) is 5.69 Å². The summed E-state index contributed by atoms with van der Waals surface area (Å²) in [5.74, 6) is -0.582. The Hall–Kier alpha value is -1.65. The molecule has 0 saturated carbocycles. The smallest absolute Gasteiger partial charge is 0.411 e. The van der Waals surface area contributed by atoms with E-state index < -0.39 is 11.9 Å².